The lowest BCUT2D eigenvalue weighted by atomic mass is 10.1. The van der Waals surface area contributed by atoms with E-state index in [1.54, 1.807) is 6.07 Å². The molecular weight excluding hydrogens is 302 g/mol. The van der Waals surface area contributed by atoms with Crippen LogP contribution in [-0.4, -0.2) is 14.9 Å². The van der Waals surface area contributed by atoms with E-state index in [1.165, 1.54) is 17.7 Å². The van der Waals surface area contributed by atoms with E-state index >= 15 is 0 Å². The van der Waals surface area contributed by atoms with Crippen molar-refractivity contribution in [2.45, 2.75) is 13.3 Å². The molecule has 0 atom stereocenters. The van der Waals surface area contributed by atoms with E-state index in [0.29, 0.717) is 16.7 Å². The first-order valence-electron chi connectivity index (χ1n) is 6.79. The van der Waals surface area contributed by atoms with Crippen molar-refractivity contribution in [3.8, 4) is 11.4 Å². The minimum absolute atomic E-state index is 0.0290. The number of nitro groups is 1. The second-order valence-electron chi connectivity index (χ2n) is 4.85. The molecule has 0 amide bonds. The molecule has 0 aliphatic heterocycles. The Morgan fingerprint density at radius 3 is 2.73 bits per heavy atom. The predicted molar refractivity (Wildman–Crippen MR) is 86.0 cm³/mol. The van der Waals surface area contributed by atoms with Gasteiger partial charge in [-0.15, -0.1) is 0 Å². The van der Waals surface area contributed by atoms with Crippen LogP contribution in [0.15, 0.2) is 42.5 Å². The zero-order chi connectivity index (χ0) is 15.7. The lowest BCUT2D eigenvalue weighted by Gasteiger charge is -2.06. The third-order valence-electron chi connectivity index (χ3n) is 3.44. The number of aromatic nitrogens is 2. The van der Waals surface area contributed by atoms with Crippen molar-refractivity contribution >= 4 is 28.2 Å². The van der Waals surface area contributed by atoms with Gasteiger partial charge in [-0.1, -0.05) is 36.7 Å². The van der Waals surface area contributed by atoms with E-state index < -0.39 is 4.92 Å². The van der Waals surface area contributed by atoms with Gasteiger partial charge in [0.05, 0.1) is 10.4 Å². The third kappa shape index (κ3) is 2.63. The minimum Gasteiger partial charge on any atom is -0.258 e. The number of halogens is 1. The number of non-ortho nitro benzene ring substituents is 1. The van der Waals surface area contributed by atoms with Gasteiger partial charge in [0, 0.05) is 23.1 Å². The lowest BCUT2D eigenvalue weighted by Crippen LogP contribution is -1.94. The smallest absolute Gasteiger partial charge is 0.258 e. The van der Waals surface area contributed by atoms with Gasteiger partial charge < -0.3 is 0 Å². The number of hydrogen-bond acceptors (Lipinski definition) is 4. The molecule has 3 aromatic rings. The van der Waals surface area contributed by atoms with Crippen molar-refractivity contribution in [2.24, 2.45) is 0 Å². The molecule has 110 valence electrons. The van der Waals surface area contributed by atoms with Gasteiger partial charge in [0.25, 0.3) is 5.69 Å². The molecule has 5 nitrogen and oxygen atoms in total. The summed E-state index contributed by atoms with van der Waals surface area (Å²) in [6, 6.07) is 12.3. The molecule has 22 heavy (non-hydrogen) atoms. The maximum absolute atomic E-state index is 10.8. The van der Waals surface area contributed by atoms with Gasteiger partial charge in [0.1, 0.15) is 5.15 Å². The van der Waals surface area contributed by atoms with Crippen LogP contribution in [0.1, 0.15) is 12.5 Å². The Balaban J connectivity index is 2.16. The first kappa shape index (κ1) is 14.4. The SMILES string of the molecule is CCc1cccc(-c2nc(Cl)c3cc([N+](=O)[O-])ccc3n2)c1. The molecule has 1 heterocycles. The summed E-state index contributed by atoms with van der Waals surface area (Å²) < 4.78 is 0. The molecule has 0 unspecified atom stereocenters. The summed E-state index contributed by atoms with van der Waals surface area (Å²) in [5.41, 5.74) is 2.61. The van der Waals surface area contributed by atoms with E-state index in [-0.39, 0.29) is 10.8 Å². The van der Waals surface area contributed by atoms with Crippen LogP contribution in [0.3, 0.4) is 0 Å². The van der Waals surface area contributed by atoms with Crippen LogP contribution in [0.5, 0.6) is 0 Å². The zero-order valence-electron chi connectivity index (χ0n) is 11.8. The monoisotopic (exact) mass is 313 g/mol. The Bertz CT molecular complexity index is 880. The van der Waals surface area contributed by atoms with Gasteiger partial charge in [-0.05, 0) is 24.1 Å². The molecule has 1 aromatic heterocycles. The Hall–Kier alpha value is -2.53. The fraction of sp³-hybridized carbons (Fsp3) is 0.125. The molecule has 0 fully saturated rings. The second-order valence-corrected chi connectivity index (χ2v) is 5.21. The molecule has 0 aliphatic rings. The Morgan fingerprint density at radius 2 is 2.00 bits per heavy atom. The van der Waals surface area contributed by atoms with E-state index in [4.69, 9.17) is 11.6 Å². The van der Waals surface area contributed by atoms with Crippen molar-refractivity contribution in [3.05, 3.63) is 63.3 Å². The molecule has 3 rings (SSSR count). The highest BCUT2D eigenvalue weighted by Crippen LogP contribution is 2.28. The van der Waals surface area contributed by atoms with Crippen LogP contribution < -0.4 is 0 Å². The van der Waals surface area contributed by atoms with Crippen LogP contribution in [0.25, 0.3) is 22.3 Å². The number of hydrogen-bond donors (Lipinski definition) is 0. The number of benzene rings is 2. The molecule has 0 aliphatic carbocycles. The molecule has 0 spiro atoms. The lowest BCUT2D eigenvalue weighted by molar-refractivity contribution is -0.384. The molecule has 0 bridgehead atoms. The van der Waals surface area contributed by atoms with Gasteiger partial charge in [-0.2, -0.15) is 0 Å². The second kappa shape index (κ2) is 5.69. The van der Waals surface area contributed by atoms with Crippen molar-refractivity contribution < 1.29 is 4.92 Å². The Morgan fingerprint density at radius 1 is 1.18 bits per heavy atom. The quantitative estimate of drug-likeness (QED) is 0.408. The van der Waals surface area contributed by atoms with E-state index in [0.717, 1.165) is 12.0 Å². The van der Waals surface area contributed by atoms with Gasteiger partial charge >= 0.3 is 0 Å². The highest BCUT2D eigenvalue weighted by Gasteiger charge is 2.12. The largest absolute Gasteiger partial charge is 0.270 e. The number of fused-ring (bicyclic) bond motifs is 1. The van der Waals surface area contributed by atoms with Gasteiger partial charge in [0.15, 0.2) is 5.82 Å². The van der Waals surface area contributed by atoms with Gasteiger partial charge in [-0.25, -0.2) is 9.97 Å². The van der Waals surface area contributed by atoms with Crippen LogP contribution in [0.4, 0.5) is 5.69 Å². The van der Waals surface area contributed by atoms with Crippen molar-refractivity contribution in [1.29, 1.82) is 0 Å². The van der Waals surface area contributed by atoms with Crippen LogP contribution in [0, 0.1) is 10.1 Å². The minimum atomic E-state index is -0.464. The summed E-state index contributed by atoms with van der Waals surface area (Å²) in [5.74, 6) is 0.515. The highest BCUT2D eigenvalue weighted by molar-refractivity contribution is 6.34. The third-order valence-corrected chi connectivity index (χ3v) is 3.73. The maximum Gasteiger partial charge on any atom is 0.270 e. The molecule has 2 aromatic carbocycles. The average molecular weight is 314 g/mol. The topological polar surface area (TPSA) is 68.9 Å². The van der Waals surface area contributed by atoms with Crippen LogP contribution in [-0.2, 0) is 6.42 Å². The van der Waals surface area contributed by atoms with E-state index in [2.05, 4.69) is 16.9 Å². The summed E-state index contributed by atoms with van der Waals surface area (Å²) in [5, 5.41) is 11.5. The predicted octanol–water partition coefficient (Wildman–Crippen LogP) is 4.42. The number of nitrogens with zero attached hydrogens (tertiary/aromatic N) is 3. The fourth-order valence-electron chi connectivity index (χ4n) is 2.25. The molecule has 0 saturated heterocycles. The number of aryl methyl sites for hydroxylation is 1. The summed E-state index contributed by atoms with van der Waals surface area (Å²) in [7, 11) is 0. The molecule has 6 heteroatoms. The summed E-state index contributed by atoms with van der Waals surface area (Å²) in [4.78, 5) is 19.1. The van der Waals surface area contributed by atoms with Gasteiger partial charge in [0.2, 0.25) is 0 Å². The molecular formula is C16H12ClN3O2. The van der Waals surface area contributed by atoms with E-state index in [9.17, 15) is 10.1 Å². The zero-order valence-corrected chi connectivity index (χ0v) is 12.5. The van der Waals surface area contributed by atoms with Crippen LogP contribution in [0.2, 0.25) is 5.15 Å². The first-order valence-corrected chi connectivity index (χ1v) is 7.17. The van der Waals surface area contributed by atoms with Crippen LogP contribution >= 0.6 is 11.6 Å². The Labute approximate surface area is 131 Å². The van der Waals surface area contributed by atoms with Crippen molar-refractivity contribution in [1.82, 2.24) is 9.97 Å². The van der Waals surface area contributed by atoms with Crippen molar-refractivity contribution in [2.75, 3.05) is 0 Å². The van der Waals surface area contributed by atoms with Gasteiger partial charge in [-0.3, -0.25) is 10.1 Å². The maximum atomic E-state index is 10.8. The molecule has 0 N–H and O–H groups in total. The summed E-state index contributed by atoms with van der Waals surface area (Å²) in [6.45, 7) is 2.08. The fourth-order valence-corrected chi connectivity index (χ4v) is 2.48. The highest BCUT2D eigenvalue weighted by atomic mass is 35.5. The number of nitro benzene ring substituents is 1. The molecule has 0 radical (unpaired) electrons. The van der Waals surface area contributed by atoms with E-state index in [1.807, 2.05) is 24.3 Å². The standard InChI is InChI=1S/C16H12ClN3O2/c1-2-10-4-3-5-11(8-10)16-18-14-7-6-12(20(21)22)9-13(14)15(17)19-16/h3-9H,2H2,1H3. The normalized spacial score (nSPS) is 10.8. The number of rotatable bonds is 3. The van der Waals surface area contributed by atoms with Crippen molar-refractivity contribution in [3.63, 3.8) is 0 Å². The summed E-state index contributed by atoms with van der Waals surface area (Å²) in [6.07, 6.45) is 0.918. The molecule has 0 saturated carbocycles. The Kier molecular flexibility index (Phi) is 3.73. The average Bonchev–Trinajstić information content (AvgIpc) is 2.54. The first-order chi connectivity index (χ1) is 10.6. The summed E-state index contributed by atoms with van der Waals surface area (Å²) >= 11 is 6.19.